The van der Waals surface area contributed by atoms with Crippen LogP contribution in [0, 0.1) is 12.7 Å². The number of piperazine rings is 1. The normalized spacial score (nSPS) is 15.1. The van der Waals surface area contributed by atoms with Crippen LogP contribution in [-0.2, 0) is 0 Å². The number of hydrogen-bond acceptors (Lipinski definition) is 6. The first-order valence-corrected chi connectivity index (χ1v) is 8.95. The molecule has 1 saturated heterocycles. The fourth-order valence-corrected chi connectivity index (χ4v) is 3.07. The standard InChI is InChI=1S/C19H22FN7/c1-13-11-17(25-24-13)21-16-12-18(27-9-7-26(2)8-10-27)23-19(22-16)14-5-3-4-6-15(14)20/h3-6,11-12H,7-10H2,1-2H3,(H2,21,22,23,24,25). The van der Waals surface area contributed by atoms with Gasteiger partial charge in [0.1, 0.15) is 17.5 Å². The number of halogens is 1. The van der Waals surface area contributed by atoms with E-state index in [1.807, 2.05) is 19.1 Å². The number of nitrogens with zero attached hydrogens (tertiary/aromatic N) is 5. The highest BCUT2D eigenvalue weighted by Crippen LogP contribution is 2.26. The first-order chi connectivity index (χ1) is 13.1. The molecule has 2 aromatic heterocycles. The van der Waals surface area contributed by atoms with Crippen LogP contribution in [0.25, 0.3) is 11.4 Å². The van der Waals surface area contributed by atoms with Gasteiger partial charge >= 0.3 is 0 Å². The van der Waals surface area contributed by atoms with Crippen molar-refractivity contribution in [2.24, 2.45) is 0 Å². The lowest BCUT2D eigenvalue weighted by Gasteiger charge is -2.33. The molecule has 0 saturated carbocycles. The minimum atomic E-state index is -0.338. The van der Waals surface area contributed by atoms with Crippen molar-refractivity contribution in [2.75, 3.05) is 43.4 Å². The molecule has 140 valence electrons. The summed E-state index contributed by atoms with van der Waals surface area (Å²) in [6.45, 7) is 5.58. The van der Waals surface area contributed by atoms with E-state index < -0.39 is 0 Å². The molecule has 7 nitrogen and oxygen atoms in total. The van der Waals surface area contributed by atoms with Crippen molar-refractivity contribution < 1.29 is 4.39 Å². The van der Waals surface area contributed by atoms with Gasteiger partial charge in [-0.3, -0.25) is 5.10 Å². The van der Waals surface area contributed by atoms with Crippen LogP contribution in [0.5, 0.6) is 0 Å². The smallest absolute Gasteiger partial charge is 0.166 e. The second kappa shape index (κ2) is 7.32. The topological polar surface area (TPSA) is 73.0 Å². The lowest BCUT2D eigenvalue weighted by atomic mass is 10.2. The van der Waals surface area contributed by atoms with Gasteiger partial charge < -0.3 is 15.1 Å². The fourth-order valence-electron chi connectivity index (χ4n) is 3.07. The lowest BCUT2D eigenvalue weighted by Crippen LogP contribution is -2.44. The van der Waals surface area contributed by atoms with Crippen molar-refractivity contribution in [2.45, 2.75) is 6.92 Å². The molecule has 1 aliphatic heterocycles. The van der Waals surface area contributed by atoms with E-state index in [2.05, 4.69) is 42.3 Å². The number of H-pyrrole nitrogens is 1. The summed E-state index contributed by atoms with van der Waals surface area (Å²) < 4.78 is 14.3. The van der Waals surface area contributed by atoms with E-state index in [9.17, 15) is 4.39 Å². The van der Waals surface area contributed by atoms with Gasteiger partial charge in [0.2, 0.25) is 0 Å². The van der Waals surface area contributed by atoms with Gasteiger partial charge in [0.15, 0.2) is 11.6 Å². The molecule has 2 N–H and O–H groups in total. The Hall–Kier alpha value is -3.00. The summed E-state index contributed by atoms with van der Waals surface area (Å²) in [6, 6.07) is 10.3. The molecule has 1 aromatic carbocycles. The zero-order valence-corrected chi connectivity index (χ0v) is 15.4. The molecule has 1 fully saturated rings. The fraction of sp³-hybridized carbons (Fsp3) is 0.316. The number of nitrogens with one attached hydrogen (secondary N) is 2. The van der Waals surface area contributed by atoms with Crippen LogP contribution in [0.15, 0.2) is 36.4 Å². The zero-order valence-electron chi connectivity index (χ0n) is 15.4. The quantitative estimate of drug-likeness (QED) is 0.739. The third-order valence-corrected chi connectivity index (χ3v) is 4.62. The maximum atomic E-state index is 14.3. The van der Waals surface area contributed by atoms with Gasteiger partial charge in [-0.1, -0.05) is 12.1 Å². The molecule has 0 atom stereocenters. The number of hydrogen-bond donors (Lipinski definition) is 2. The van der Waals surface area contributed by atoms with Crippen LogP contribution >= 0.6 is 0 Å². The van der Waals surface area contributed by atoms with Crippen LogP contribution < -0.4 is 10.2 Å². The Labute approximate surface area is 157 Å². The summed E-state index contributed by atoms with van der Waals surface area (Å²) in [5.74, 6) is 2.05. The van der Waals surface area contributed by atoms with E-state index >= 15 is 0 Å². The summed E-state index contributed by atoms with van der Waals surface area (Å²) in [5, 5.41) is 10.3. The molecule has 8 heteroatoms. The number of anilines is 3. The Morgan fingerprint density at radius 3 is 2.52 bits per heavy atom. The number of aryl methyl sites for hydroxylation is 1. The summed E-state index contributed by atoms with van der Waals surface area (Å²) in [5.41, 5.74) is 1.33. The molecule has 27 heavy (non-hydrogen) atoms. The predicted octanol–water partition coefficient (Wildman–Crippen LogP) is 2.81. The summed E-state index contributed by atoms with van der Waals surface area (Å²) in [6.07, 6.45) is 0. The van der Waals surface area contributed by atoms with Crippen LogP contribution in [0.2, 0.25) is 0 Å². The number of aromatic amines is 1. The molecule has 3 heterocycles. The molecule has 0 radical (unpaired) electrons. The average molecular weight is 367 g/mol. The lowest BCUT2D eigenvalue weighted by molar-refractivity contribution is 0.312. The van der Waals surface area contributed by atoms with E-state index in [0.717, 1.165) is 37.7 Å². The molecule has 0 aliphatic carbocycles. The number of rotatable bonds is 4. The zero-order chi connectivity index (χ0) is 18.8. The first-order valence-electron chi connectivity index (χ1n) is 8.95. The maximum absolute atomic E-state index is 14.3. The highest BCUT2D eigenvalue weighted by Gasteiger charge is 2.19. The van der Waals surface area contributed by atoms with Crippen molar-refractivity contribution in [3.8, 4) is 11.4 Å². The van der Waals surface area contributed by atoms with Gasteiger partial charge in [-0.15, -0.1) is 0 Å². The SMILES string of the molecule is Cc1cc(Nc2cc(N3CCN(C)CC3)nc(-c3ccccc3F)n2)n[nH]1. The third kappa shape index (κ3) is 3.90. The number of benzene rings is 1. The van der Waals surface area contributed by atoms with E-state index in [-0.39, 0.29) is 5.82 Å². The van der Waals surface area contributed by atoms with Crippen molar-refractivity contribution in [1.82, 2.24) is 25.1 Å². The first kappa shape index (κ1) is 17.4. The molecule has 0 spiro atoms. The van der Waals surface area contributed by atoms with Gasteiger partial charge in [-0.05, 0) is 26.1 Å². The highest BCUT2D eigenvalue weighted by molar-refractivity contribution is 5.65. The van der Waals surface area contributed by atoms with E-state index in [1.54, 1.807) is 18.2 Å². The van der Waals surface area contributed by atoms with Crippen molar-refractivity contribution in [1.29, 1.82) is 0 Å². The molecular weight excluding hydrogens is 345 g/mol. The second-order valence-electron chi connectivity index (χ2n) is 6.77. The van der Waals surface area contributed by atoms with Gasteiger partial charge in [0.25, 0.3) is 0 Å². The Balaban J connectivity index is 1.72. The largest absolute Gasteiger partial charge is 0.354 e. The second-order valence-corrected chi connectivity index (χ2v) is 6.77. The average Bonchev–Trinajstić information content (AvgIpc) is 3.07. The molecule has 0 amide bonds. The maximum Gasteiger partial charge on any atom is 0.166 e. The van der Waals surface area contributed by atoms with Crippen LogP contribution in [0.1, 0.15) is 5.69 Å². The summed E-state index contributed by atoms with van der Waals surface area (Å²) in [4.78, 5) is 13.7. The molecule has 0 bridgehead atoms. The minimum absolute atomic E-state index is 0.338. The Kier molecular flexibility index (Phi) is 4.72. The van der Waals surface area contributed by atoms with Gasteiger partial charge in [-0.25, -0.2) is 14.4 Å². The van der Waals surface area contributed by atoms with Crippen LogP contribution in [0.3, 0.4) is 0 Å². The third-order valence-electron chi connectivity index (χ3n) is 4.62. The molecular formula is C19H22FN7. The van der Waals surface area contributed by atoms with E-state index in [4.69, 9.17) is 0 Å². The molecule has 3 aromatic rings. The van der Waals surface area contributed by atoms with Crippen molar-refractivity contribution in [3.63, 3.8) is 0 Å². The minimum Gasteiger partial charge on any atom is -0.354 e. The predicted molar refractivity (Wildman–Crippen MR) is 104 cm³/mol. The molecule has 4 rings (SSSR count). The highest BCUT2D eigenvalue weighted by atomic mass is 19.1. The van der Waals surface area contributed by atoms with Crippen molar-refractivity contribution >= 4 is 17.5 Å². The van der Waals surface area contributed by atoms with Gasteiger partial charge in [0.05, 0.1) is 5.56 Å². The molecule has 1 aliphatic rings. The van der Waals surface area contributed by atoms with E-state index in [0.29, 0.717) is 23.0 Å². The monoisotopic (exact) mass is 367 g/mol. The van der Waals surface area contributed by atoms with Gasteiger partial charge in [0, 0.05) is 44.0 Å². The summed E-state index contributed by atoms with van der Waals surface area (Å²) >= 11 is 0. The van der Waals surface area contributed by atoms with Gasteiger partial charge in [-0.2, -0.15) is 5.10 Å². The Morgan fingerprint density at radius 2 is 1.81 bits per heavy atom. The Morgan fingerprint density at radius 1 is 1.04 bits per heavy atom. The summed E-state index contributed by atoms with van der Waals surface area (Å²) in [7, 11) is 2.11. The number of likely N-dealkylation sites (N-methyl/N-ethyl adjacent to an activating group) is 1. The van der Waals surface area contributed by atoms with E-state index in [1.165, 1.54) is 6.07 Å². The van der Waals surface area contributed by atoms with Crippen LogP contribution in [-0.4, -0.2) is 58.3 Å². The molecule has 0 unspecified atom stereocenters. The van der Waals surface area contributed by atoms with Crippen LogP contribution in [0.4, 0.5) is 21.8 Å². The Bertz CT molecular complexity index is 931. The number of aromatic nitrogens is 4. The van der Waals surface area contributed by atoms with Crippen molar-refractivity contribution in [3.05, 3.63) is 47.9 Å².